The second-order valence-corrected chi connectivity index (χ2v) is 20.1. The van der Waals surface area contributed by atoms with E-state index in [2.05, 4.69) is 4.57 Å². The number of imidazole rings is 2. The van der Waals surface area contributed by atoms with Crippen LogP contribution in [0.2, 0.25) is 0 Å². The number of para-hydroxylation sites is 7. The lowest BCUT2D eigenvalue weighted by molar-refractivity contribution is 0.892. The predicted molar refractivity (Wildman–Crippen MR) is 326 cm³/mol. The maximum atomic E-state index is 9.81. The summed E-state index contributed by atoms with van der Waals surface area (Å²) >= 11 is 3.19. The highest BCUT2D eigenvalue weighted by atomic mass is 32.2. The molecule has 0 saturated carbocycles. The van der Waals surface area contributed by atoms with E-state index in [-0.39, 0.29) is 77.6 Å². The lowest BCUT2D eigenvalue weighted by Crippen LogP contribution is -2.07. The fourth-order valence-electron chi connectivity index (χ4n) is 10.7. The average molecular weight is 1060 g/mol. The first-order valence-electron chi connectivity index (χ1n) is 36.5. The summed E-state index contributed by atoms with van der Waals surface area (Å²) in [5, 5.41) is 1.12. The van der Waals surface area contributed by atoms with Gasteiger partial charge in [-0.05, 0) is 123 Å². The van der Waals surface area contributed by atoms with Crippen LogP contribution in [-0.2, 0) is 11.5 Å². The van der Waals surface area contributed by atoms with Crippen molar-refractivity contribution >= 4 is 89.2 Å². The molecular formula is C70H46N6S2. The monoisotopic (exact) mass is 1060 g/mol. The van der Waals surface area contributed by atoms with Crippen LogP contribution >= 0.6 is 23.5 Å². The van der Waals surface area contributed by atoms with Crippen LogP contribution in [0.1, 0.15) is 44.0 Å². The Hall–Kier alpha value is -9.34. The second kappa shape index (κ2) is 18.2. The minimum atomic E-state index is -0.656. The van der Waals surface area contributed by atoms with E-state index in [1.165, 1.54) is 6.07 Å². The van der Waals surface area contributed by atoms with Crippen molar-refractivity contribution in [1.82, 2.24) is 28.2 Å². The van der Waals surface area contributed by atoms with Crippen molar-refractivity contribution in [1.29, 1.82) is 0 Å². The van der Waals surface area contributed by atoms with Gasteiger partial charge < -0.3 is 9.13 Å². The van der Waals surface area contributed by atoms with Crippen LogP contribution < -0.4 is 0 Å². The van der Waals surface area contributed by atoms with Gasteiger partial charge in [-0.15, -0.1) is 0 Å². The Balaban J connectivity index is 0.000000163. The molecule has 0 amide bonds. The third kappa shape index (κ3) is 7.14. The van der Waals surface area contributed by atoms with E-state index in [9.17, 15) is 2.74 Å². The van der Waals surface area contributed by atoms with Gasteiger partial charge in [0.15, 0.2) is 10.3 Å². The lowest BCUT2D eigenvalue weighted by atomic mass is 9.87. The number of aromatic nitrogens is 6. The molecule has 0 fully saturated rings. The van der Waals surface area contributed by atoms with Crippen LogP contribution in [0.25, 0.3) is 122 Å². The zero-order valence-corrected chi connectivity index (χ0v) is 41.9. The normalized spacial score (nSPS) is 17.0. The number of benzene rings is 11. The highest BCUT2D eigenvalue weighted by Crippen LogP contribution is 2.45. The maximum Gasteiger partial charge on any atom is 0.174 e. The molecule has 0 radical (unpaired) electrons. The molecule has 6 heterocycles. The number of hydrogen-bond donors (Lipinski definition) is 0. The molecule has 2 aliphatic rings. The molecule has 6 nitrogen and oxygen atoms in total. The first-order valence-corrected chi connectivity index (χ1v) is 26.4. The second-order valence-electron chi connectivity index (χ2n) is 18.3. The number of thioether (sulfide) groups is 2. The smallest absolute Gasteiger partial charge is 0.174 e. The Labute approximate surface area is 492 Å². The molecule has 0 saturated heterocycles. The topological polar surface area (TPSA) is 45.5 Å². The zero-order valence-electron chi connectivity index (χ0n) is 64.3. The molecule has 11 aromatic carbocycles. The highest BCUT2D eigenvalue weighted by molar-refractivity contribution is 7.98. The Bertz CT molecular complexity index is 6130. The predicted octanol–water partition coefficient (Wildman–Crippen LogP) is 18.5. The van der Waals surface area contributed by atoms with E-state index < -0.39 is 139 Å². The Kier molecular flexibility index (Phi) is 6.31. The Morgan fingerprint density at radius 2 is 0.846 bits per heavy atom. The van der Waals surface area contributed by atoms with Crippen molar-refractivity contribution in [2.45, 2.75) is 21.8 Å². The lowest BCUT2D eigenvalue weighted by Gasteiger charge is -2.22. The standard InChI is InChI=1S/C38H24N4S.C32H22N2S/c1-5-13-32-27(9-1)28-10-2-6-14-33(28)40(32)25-19-20-35-30(21-25)29-11-3-7-15-34(29)41(35)26-18-17-24-23-43-38-39-31-12-4-8-16-36(31)42(38)37(24)22-26;1-3-10-22(11-4-1)26-14-9-15-27(23-12-5-2-6-13-23)31(26)24-18-19-25-21-35-32-33-28-16-7-8-17-29(28)34(32)30(25)20-24/h1-22H,23H2;1-20H,21H2/i1D,2D,3D,5D,6D,7D,9D,10D,11D,13D,14D,15D,19D,21D;1D,2D,3D,4D,5D,6D,10D,11D,12D,13D. The summed E-state index contributed by atoms with van der Waals surface area (Å²) in [5.74, 6) is 1.29. The van der Waals surface area contributed by atoms with Gasteiger partial charge in [0.2, 0.25) is 0 Å². The van der Waals surface area contributed by atoms with Crippen LogP contribution in [0, 0.1) is 0 Å². The van der Waals surface area contributed by atoms with E-state index >= 15 is 0 Å². The number of rotatable bonds is 5. The van der Waals surface area contributed by atoms with E-state index in [1.807, 2.05) is 89.5 Å². The largest absolute Gasteiger partial charge is 0.309 e. The summed E-state index contributed by atoms with van der Waals surface area (Å²) in [6.45, 7) is 0. The molecule has 17 rings (SSSR count). The van der Waals surface area contributed by atoms with Gasteiger partial charge in [-0.25, -0.2) is 9.97 Å². The van der Waals surface area contributed by atoms with Crippen molar-refractivity contribution in [2.24, 2.45) is 0 Å². The van der Waals surface area contributed by atoms with Gasteiger partial charge in [0.05, 0.1) is 88.4 Å². The van der Waals surface area contributed by atoms with Crippen LogP contribution in [0.5, 0.6) is 0 Å². The molecule has 0 unspecified atom stereocenters. The molecule has 2 aliphatic heterocycles. The van der Waals surface area contributed by atoms with Gasteiger partial charge in [-0.3, -0.25) is 9.13 Å². The highest BCUT2D eigenvalue weighted by Gasteiger charge is 2.25. The van der Waals surface area contributed by atoms with Crippen molar-refractivity contribution in [3.05, 3.63) is 265 Å². The first-order chi connectivity index (χ1) is 48.7. The molecule has 0 aliphatic carbocycles. The van der Waals surface area contributed by atoms with Crippen molar-refractivity contribution in [3.8, 4) is 56.1 Å². The zero-order chi connectivity index (χ0) is 72.1. The molecule has 15 aromatic rings. The SMILES string of the molecule is [2H]c1c([2H])c([2H])c(-c2cccc(-c3c([2H])c([2H])c([2H])c([2H])c3[2H])c2-c2ccc3c(c2)-n2c(nc4ccccc42)SC3)c([2H])c1[2H].[2H]c1cc2c(c([2H])c1-n1c3c([2H])c([2H])c([2H])c([2H])c3c3c([2H])c([2H])c([2H])c([2H])c31)c1c([2H])c([2H])c([2H])c([2H])c1n2-c1ccc2c(c1)-n1c(nc3ccccc31)SC2. The maximum absolute atomic E-state index is 9.81. The molecule has 78 heavy (non-hydrogen) atoms. The summed E-state index contributed by atoms with van der Waals surface area (Å²) < 4.78 is 216. The van der Waals surface area contributed by atoms with Crippen LogP contribution in [0.4, 0.5) is 0 Å². The van der Waals surface area contributed by atoms with Gasteiger partial charge in [-0.2, -0.15) is 0 Å². The van der Waals surface area contributed by atoms with Gasteiger partial charge in [0.1, 0.15) is 0 Å². The third-order valence-electron chi connectivity index (χ3n) is 14.0. The Morgan fingerprint density at radius 1 is 0.359 bits per heavy atom. The summed E-state index contributed by atoms with van der Waals surface area (Å²) in [7, 11) is 0. The Morgan fingerprint density at radius 3 is 1.42 bits per heavy atom. The van der Waals surface area contributed by atoms with Gasteiger partial charge in [-0.1, -0.05) is 199 Å². The molecule has 4 aromatic heterocycles. The fourth-order valence-corrected chi connectivity index (χ4v) is 12.7. The van der Waals surface area contributed by atoms with Crippen LogP contribution in [-0.4, -0.2) is 28.2 Å². The molecule has 0 bridgehead atoms. The van der Waals surface area contributed by atoms with E-state index in [4.69, 9.17) is 40.1 Å². The van der Waals surface area contributed by atoms with Crippen molar-refractivity contribution in [3.63, 3.8) is 0 Å². The van der Waals surface area contributed by atoms with E-state index in [0.717, 1.165) is 59.4 Å². The quantitative estimate of drug-likeness (QED) is 0.172. The molecule has 0 spiro atoms. The van der Waals surface area contributed by atoms with E-state index in [0.29, 0.717) is 28.3 Å². The molecular weight excluding hydrogens is 989 g/mol. The summed E-state index contributed by atoms with van der Waals surface area (Å²) in [5.41, 5.74) is 8.32. The summed E-state index contributed by atoms with van der Waals surface area (Å²) in [4.78, 5) is 9.60. The average Bonchev–Trinajstić information content (AvgIpc) is 1.52. The molecule has 8 heteroatoms. The van der Waals surface area contributed by atoms with Crippen LogP contribution in [0.15, 0.2) is 265 Å². The minimum Gasteiger partial charge on any atom is -0.309 e. The molecule has 368 valence electrons. The van der Waals surface area contributed by atoms with Crippen molar-refractivity contribution in [2.75, 3.05) is 0 Å². The number of fused-ring (bicyclic) bond motifs is 16. The minimum absolute atomic E-state index is 0.00159. The third-order valence-corrected chi connectivity index (χ3v) is 16.0. The van der Waals surface area contributed by atoms with E-state index in [1.54, 1.807) is 46.3 Å². The van der Waals surface area contributed by atoms with Gasteiger partial charge in [0, 0.05) is 44.4 Å². The molecule has 0 atom stereocenters. The van der Waals surface area contributed by atoms with Gasteiger partial charge >= 0.3 is 0 Å². The fraction of sp³-hybridized carbons (Fsp3) is 0.0286. The summed E-state index contributed by atoms with van der Waals surface area (Å²) in [6.07, 6.45) is 0. The first kappa shape index (κ1) is 27.1. The van der Waals surface area contributed by atoms with Crippen LogP contribution in [0.3, 0.4) is 0 Å². The summed E-state index contributed by atoms with van der Waals surface area (Å²) in [6, 6.07) is 20.8. The number of hydrogen-bond acceptors (Lipinski definition) is 4. The molecule has 0 N–H and O–H groups in total. The number of nitrogens with zero attached hydrogens (tertiary/aromatic N) is 6. The van der Waals surface area contributed by atoms with Crippen molar-refractivity contribution < 1.29 is 32.9 Å². The van der Waals surface area contributed by atoms with Gasteiger partial charge in [0.25, 0.3) is 0 Å².